The maximum absolute atomic E-state index is 13.0. The lowest BCUT2D eigenvalue weighted by atomic mass is 9.72. The minimum absolute atomic E-state index is 0.0442. The van der Waals surface area contributed by atoms with Crippen LogP contribution in [0.3, 0.4) is 0 Å². The van der Waals surface area contributed by atoms with Crippen LogP contribution in [0.2, 0.25) is 0 Å². The Kier molecular flexibility index (Phi) is 3.41. The number of nitrogens with zero attached hydrogens (tertiary/aromatic N) is 1. The average Bonchev–Trinajstić information content (AvgIpc) is 3.23. The van der Waals surface area contributed by atoms with E-state index in [-0.39, 0.29) is 17.5 Å². The highest BCUT2D eigenvalue weighted by Crippen LogP contribution is 2.40. The maximum atomic E-state index is 13.0. The van der Waals surface area contributed by atoms with Gasteiger partial charge >= 0.3 is 0 Å². The Balaban J connectivity index is 1.44. The van der Waals surface area contributed by atoms with Gasteiger partial charge in [0.1, 0.15) is 5.75 Å². The van der Waals surface area contributed by atoms with Gasteiger partial charge in [-0.1, -0.05) is 0 Å². The zero-order chi connectivity index (χ0) is 17.2. The van der Waals surface area contributed by atoms with E-state index in [1.807, 2.05) is 12.1 Å². The second-order valence-electron chi connectivity index (χ2n) is 8.10. The number of fused-ring (bicyclic) bond motifs is 6. The highest BCUT2D eigenvalue weighted by Gasteiger charge is 2.48. The number of benzene rings is 1. The molecule has 132 valence electrons. The number of carbonyl (C=O) groups excluding carboxylic acids is 1. The van der Waals surface area contributed by atoms with Crippen LogP contribution < -0.4 is 10.1 Å². The monoisotopic (exact) mass is 356 g/mol. The molecule has 4 nitrogen and oxygen atoms in total. The highest BCUT2D eigenvalue weighted by atomic mass is 32.1. The van der Waals surface area contributed by atoms with Crippen molar-refractivity contribution in [3.8, 4) is 5.75 Å². The average molecular weight is 356 g/mol. The van der Waals surface area contributed by atoms with Crippen LogP contribution in [-0.2, 0) is 6.42 Å². The molecule has 1 amide bonds. The predicted octanol–water partition coefficient (Wildman–Crippen LogP) is 3.44. The summed E-state index contributed by atoms with van der Waals surface area (Å²) in [6.07, 6.45) is 3.35. The highest BCUT2D eigenvalue weighted by molar-refractivity contribution is 7.21. The van der Waals surface area contributed by atoms with Crippen molar-refractivity contribution in [2.75, 3.05) is 19.7 Å². The summed E-state index contributed by atoms with van der Waals surface area (Å²) in [5, 5.41) is 4.54. The van der Waals surface area contributed by atoms with Crippen LogP contribution in [0.25, 0.3) is 10.1 Å². The molecule has 0 saturated carbocycles. The van der Waals surface area contributed by atoms with Crippen LogP contribution in [0.5, 0.6) is 5.75 Å². The molecule has 5 heterocycles. The predicted molar refractivity (Wildman–Crippen MR) is 101 cm³/mol. The van der Waals surface area contributed by atoms with E-state index in [2.05, 4.69) is 30.1 Å². The zero-order valence-corrected chi connectivity index (χ0v) is 15.6. The molecule has 2 aromatic rings. The van der Waals surface area contributed by atoms with Gasteiger partial charge in [-0.15, -0.1) is 11.3 Å². The van der Waals surface area contributed by atoms with E-state index in [1.54, 1.807) is 11.3 Å². The van der Waals surface area contributed by atoms with Crippen LogP contribution in [0.15, 0.2) is 18.2 Å². The third-order valence-corrected chi connectivity index (χ3v) is 7.66. The summed E-state index contributed by atoms with van der Waals surface area (Å²) < 4.78 is 6.88. The van der Waals surface area contributed by atoms with Crippen molar-refractivity contribution in [3.63, 3.8) is 0 Å². The van der Waals surface area contributed by atoms with E-state index in [9.17, 15) is 4.79 Å². The molecule has 4 aliphatic rings. The molecule has 2 bridgehead atoms. The molecule has 1 aromatic heterocycles. The Morgan fingerprint density at radius 3 is 2.88 bits per heavy atom. The van der Waals surface area contributed by atoms with Crippen molar-refractivity contribution in [3.05, 3.63) is 28.6 Å². The number of amides is 1. The minimum Gasteiger partial charge on any atom is -0.493 e. The largest absolute Gasteiger partial charge is 0.493 e. The first-order valence-corrected chi connectivity index (χ1v) is 10.1. The van der Waals surface area contributed by atoms with Crippen molar-refractivity contribution in [1.29, 1.82) is 0 Å². The van der Waals surface area contributed by atoms with Crippen LogP contribution in [0.1, 0.15) is 41.9 Å². The van der Waals surface area contributed by atoms with Crippen LogP contribution in [0, 0.1) is 5.92 Å². The standard InChI is InChI=1S/C20H24N2O2S/c1-20(2)18(12-5-8-22(20)9-6-12)21-19(23)16-11-13-3-4-15-14(7-10-24-15)17(13)25-16/h3-4,11-12,18H,5-10H2,1-2H3,(H,21,23). The van der Waals surface area contributed by atoms with Gasteiger partial charge in [0.2, 0.25) is 0 Å². The van der Waals surface area contributed by atoms with Gasteiger partial charge in [-0.25, -0.2) is 0 Å². The molecule has 3 saturated heterocycles. The third-order valence-electron chi connectivity index (χ3n) is 6.45. The summed E-state index contributed by atoms with van der Waals surface area (Å²) in [6.45, 7) is 7.64. The SMILES string of the molecule is CC1(C)C(NC(=O)c2cc3ccc4c(c3s2)CCO4)C2CCN1CC2. The van der Waals surface area contributed by atoms with Crippen LogP contribution in [-0.4, -0.2) is 42.1 Å². The number of thiophene rings is 1. The lowest BCUT2D eigenvalue weighted by molar-refractivity contribution is -0.0377. The number of hydrogen-bond acceptors (Lipinski definition) is 4. The summed E-state index contributed by atoms with van der Waals surface area (Å²) in [5.74, 6) is 1.68. The van der Waals surface area contributed by atoms with Crippen molar-refractivity contribution < 1.29 is 9.53 Å². The third kappa shape index (κ3) is 2.32. The smallest absolute Gasteiger partial charge is 0.261 e. The molecule has 0 aliphatic carbocycles. The lowest BCUT2D eigenvalue weighted by Crippen LogP contribution is -2.69. The summed E-state index contributed by atoms with van der Waals surface area (Å²) in [4.78, 5) is 16.4. The molecule has 1 N–H and O–H groups in total. The van der Waals surface area contributed by atoms with Crippen LogP contribution in [0.4, 0.5) is 0 Å². The van der Waals surface area contributed by atoms with Gasteiger partial charge in [0.25, 0.3) is 5.91 Å². The van der Waals surface area contributed by atoms with Gasteiger partial charge in [-0.3, -0.25) is 9.69 Å². The van der Waals surface area contributed by atoms with Crippen molar-refractivity contribution in [2.45, 2.75) is 44.7 Å². The number of nitrogens with one attached hydrogen (secondary N) is 1. The topological polar surface area (TPSA) is 41.6 Å². The second kappa shape index (κ2) is 5.45. The van der Waals surface area contributed by atoms with E-state index in [1.165, 1.54) is 36.2 Å². The summed E-state index contributed by atoms with van der Waals surface area (Å²) in [7, 11) is 0. The van der Waals surface area contributed by atoms with Gasteiger partial charge in [-0.2, -0.15) is 0 Å². The van der Waals surface area contributed by atoms with Crippen molar-refractivity contribution in [2.24, 2.45) is 5.92 Å². The van der Waals surface area contributed by atoms with E-state index in [0.717, 1.165) is 29.0 Å². The fraction of sp³-hybridized carbons (Fsp3) is 0.550. The fourth-order valence-electron chi connectivity index (χ4n) is 4.98. The Morgan fingerprint density at radius 2 is 2.12 bits per heavy atom. The van der Waals surface area contributed by atoms with Crippen molar-refractivity contribution in [1.82, 2.24) is 10.2 Å². The van der Waals surface area contributed by atoms with Crippen LogP contribution >= 0.6 is 11.3 Å². The van der Waals surface area contributed by atoms with Gasteiger partial charge in [0.15, 0.2) is 0 Å². The molecular formula is C20H24N2O2S. The first kappa shape index (κ1) is 15.6. The fourth-order valence-corrected chi connectivity index (χ4v) is 6.11. The number of rotatable bonds is 2. The molecule has 6 rings (SSSR count). The molecule has 1 aromatic carbocycles. The normalized spacial score (nSPS) is 29.4. The molecule has 0 radical (unpaired) electrons. The first-order valence-electron chi connectivity index (χ1n) is 9.28. The van der Waals surface area contributed by atoms with E-state index >= 15 is 0 Å². The number of ether oxygens (including phenoxy) is 1. The maximum Gasteiger partial charge on any atom is 0.261 e. The van der Waals surface area contributed by atoms with Gasteiger partial charge in [0.05, 0.1) is 11.5 Å². The Labute approximate surface area is 152 Å². The van der Waals surface area contributed by atoms with E-state index in [4.69, 9.17) is 4.74 Å². The molecule has 0 spiro atoms. The number of piperidine rings is 3. The number of carbonyl (C=O) groups is 1. The summed E-state index contributed by atoms with van der Waals surface area (Å²) >= 11 is 1.61. The quantitative estimate of drug-likeness (QED) is 0.896. The summed E-state index contributed by atoms with van der Waals surface area (Å²) in [5.41, 5.74) is 1.31. The number of hydrogen-bond donors (Lipinski definition) is 1. The van der Waals surface area contributed by atoms with Gasteiger partial charge < -0.3 is 10.1 Å². The molecule has 3 fully saturated rings. The lowest BCUT2D eigenvalue weighted by Gasteiger charge is -2.56. The molecule has 25 heavy (non-hydrogen) atoms. The second-order valence-corrected chi connectivity index (χ2v) is 9.15. The minimum atomic E-state index is 0.0442. The summed E-state index contributed by atoms with van der Waals surface area (Å²) in [6, 6.07) is 6.39. The Hall–Kier alpha value is -1.59. The Morgan fingerprint density at radius 1 is 1.32 bits per heavy atom. The van der Waals surface area contributed by atoms with Crippen molar-refractivity contribution >= 4 is 27.3 Å². The molecule has 1 atom stereocenters. The molecule has 1 unspecified atom stereocenters. The van der Waals surface area contributed by atoms with Gasteiger partial charge in [-0.05, 0) is 69.3 Å². The molecule has 5 heteroatoms. The van der Waals surface area contributed by atoms with E-state index in [0.29, 0.717) is 5.92 Å². The first-order chi connectivity index (χ1) is 12.0. The van der Waals surface area contributed by atoms with Gasteiger partial charge in [0, 0.05) is 28.3 Å². The molecular weight excluding hydrogens is 332 g/mol. The zero-order valence-electron chi connectivity index (χ0n) is 14.8. The Bertz CT molecular complexity index is 849. The van der Waals surface area contributed by atoms with E-state index < -0.39 is 0 Å². The molecule has 4 aliphatic heterocycles.